The van der Waals surface area contributed by atoms with E-state index in [1.165, 1.54) is 18.4 Å². The minimum absolute atomic E-state index is 0.119. The Labute approximate surface area is 242 Å². The second-order valence-corrected chi connectivity index (χ2v) is 11.9. The Morgan fingerprint density at radius 1 is 0.976 bits per heavy atom. The number of aromatic amines is 1. The first-order chi connectivity index (χ1) is 20.0. The summed E-state index contributed by atoms with van der Waals surface area (Å²) >= 11 is 0. The maximum absolute atomic E-state index is 13.0. The molecule has 6 rings (SSSR count). The van der Waals surface area contributed by atoms with Crippen LogP contribution in [0.2, 0.25) is 0 Å². The topological polar surface area (TPSA) is 96.6 Å². The van der Waals surface area contributed by atoms with Gasteiger partial charge in [0.2, 0.25) is 5.91 Å². The first-order valence-electron chi connectivity index (χ1n) is 15.4. The fourth-order valence-corrected chi connectivity index (χ4v) is 6.55. The highest BCUT2D eigenvalue weighted by atomic mass is 16.2. The van der Waals surface area contributed by atoms with Crippen molar-refractivity contribution >= 4 is 28.5 Å². The van der Waals surface area contributed by atoms with E-state index >= 15 is 0 Å². The summed E-state index contributed by atoms with van der Waals surface area (Å²) in [6.07, 6.45) is 5.04. The number of nitrogens with zero attached hydrogens (tertiary/aromatic N) is 4. The van der Waals surface area contributed by atoms with Gasteiger partial charge in [-0.3, -0.25) is 14.5 Å². The Hall–Kier alpha value is -3.27. The molecule has 9 nitrogen and oxygen atoms in total. The highest BCUT2D eigenvalue weighted by molar-refractivity contribution is 6.05. The molecule has 0 saturated carbocycles. The number of carbonyl (C=O) groups is 2. The van der Waals surface area contributed by atoms with Gasteiger partial charge in [0, 0.05) is 69.5 Å². The van der Waals surface area contributed by atoms with Gasteiger partial charge < -0.3 is 25.4 Å². The molecule has 3 aliphatic rings. The van der Waals surface area contributed by atoms with Crippen molar-refractivity contribution in [1.29, 1.82) is 0 Å². The summed E-state index contributed by atoms with van der Waals surface area (Å²) in [6.45, 7) is 10.8. The lowest BCUT2D eigenvalue weighted by atomic mass is 9.89. The quantitative estimate of drug-likeness (QED) is 0.390. The van der Waals surface area contributed by atoms with E-state index in [2.05, 4.69) is 44.5 Å². The maximum atomic E-state index is 13.0. The second-order valence-electron chi connectivity index (χ2n) is 11.9. The molecule has 2 aromatic carbocycles. The number of H-pyrrole nitrogens is 1. The lowest BCUT2D eigenvalue weighted by molar-refractivity contribution is -0.132. The summed E-state index contributed by atoms with van der Waals surface area (Å²) in [4.78, 5) is 40.8. The van der Waals surface area contributed by atoms with E-state index in [4.69, 9.17) is 4.98 Å². The molecule has 0 aliphatic carbocycles. The van der Waals surface area contributed by atoms with E-state index in [-0.39, 0.29) is 11.8 Å². The van der Waals surface area contributed by atoms with Crippen LogP contribution in [-0.4, -0.2) is 94.9 Å². The van der Waals surface area contributed by atoms with Crippen LogP contribution in [0.5, 0.6) is 0 Å². The van der Waals surface area contributed by atoms with E-state index in [1.54, 1.807) is 0 Å². The van der Waals surface area contributed by atoms with E-state index in [0.29, 0.717) is 23.9 Å². The van der Waals surface area contributed by atoms with Gasteiger partial charge in [0.25, 0.3) is 5.91 Å². The first-order valence-corrected chi connectivity index (χ1v) is 15.4. The fourth-order valence-electron chi connectivity index (χ4n) is 6.55. The molecular formula is C32H43N7O2. The zero-order valence-electron chi connectivity index (χ0n) is 24.2. The zero-order valence-corrected chi connectivity index (χ0v) is 24.2. The minimum atomic E-state index is -0.119. The molecule has 0 bridgehead atoms. The van der Waals surface area contributed by atoms with Crippen LogP contribution in [0.25, 0.3) is 11.0 Å². The van der Waals surface area contributed by atoms with Gasteiger partial charge in [0.1, 0.15) is 5.82 Å². The average molecular weight is 558 g/mol. The third-order valence-electron chi connectivity index (χ3n) is 9.18. The van der Waals surface area contributed by atoms with E-state index in [1.807, 2.05) is 35.2 Å². The number of hydrogen-bond acceptors (Lipinski definition) is 6. The number of imidazole rings is 1. The van der Waals surface area contributed by atoms with Crippen molar-refractivity contribution in [3.8, 4) is 0 Å². The molecule has 2 amide bonds. The van der Waals surface area contributed by atoms with Gasteiger partial charge in [-0.1, -0.05) is 12.1 Å². The predicted octanol–water partition coefficient (Wildman–Crippen LogP) is 3.80. The van der Waals surface area contributed by atoms with Gasteiger partial charge in [-0.05, 0) is 81.0 Å². The van der Waals surface area contributed by atoms with Gasteiger partial charge >= 0.3 is 0 Å². The summed E-state index contributed by atoms with van der Waals surface area (Å²) < 4.78 is 0. The molecule has 0 spiro atoms. The van der Waals surface area contributed by atoms with Crippen molar-refractivity contribution in [3.63, 3.8) is 0 Å². The van der Waals surface area contributed by atoms with Crippen LogP contribution in [-0.2, 0) is 11.3 Å². The predicted molar refractivity (Wildman–Crippen MR) is 162 cm³/mol. The molecule has 1 atom stereocenters. The van der Waals surface area contributed by atoms with Crippen LogP contribution in [0, 0.1) is 0 Å². The van der Waals surface area contributed by atoms with Crippen LogP contribution >= 0.6 is 0 Å². The Kier molecular flexibility index (Phi) is 8.64. The van der Waals surface area contributed by atoms with Gasteiger partial charge in [0.05, 0.1) is 17.6 Å². The van der Waals surface area contributed by atoms with Crippen molar-refractivity contribution in [2.75, 3.05) is 57.7 Å². The Bertz CT molecular complexity index is 1340. The lowest BCUT2D eigenvalue weighted by Gasteiger charge is -2.33. The molecule has 0 radical (unpaired) electrons. The number of fused-ring (bicyclic) bond motifs is 1. The molecular weight excluding hydrogens is 514 g/mol. The summed E-state index contributed by atoms with van der Waals surface area (Å²) in [6, 6.07) is 14.4. The molecule has 3 aliphatic heterocycles. The van der Waals surface area contributed by atoms with E-state index < -0.39 is 0 Å². The fraction of sp³-hybridized carbons (Fsp3) is 0.531. The highest BCUT2D eigenvalue weighted by Gasteiger charge is 2.25. The number of benzene rings is 2. The molecule has 41 heavy (non-hydrogen) atoms. The Morgan fingerprint density at radius 2 is 1.76 bits per heavy atom. The smallest absolute Gasteiger partial charge is 0.255 e. The van der Waals surface area contributed by atoms with Crippen molar-refractivity contribution < 1.29 is 9.59 Å². The third-order valence-corrected chi connectivity index (χ3v) is 9.18. The van der Waals surface area contributed by atoms with Gasteiger partial charge in [-0.15, -0.1) is 0 Å². The summed E-state index contributed by atoms with van der Waals surface area (Å²) in [5.74, 6) is 1.55. The zero-order chi connectivity index (χ0) is 28.2. The number of aromatic nitrogens is 2. The number of hydrogen-bond donors (Lipinski definition) is 3. The number of rotatable bonds is 8. The third kappa shape index (κ3) is 6.80. The number of anilines is 1. The van der Waals surface area contributed by atoms with Crippen LogP contribution < -0.4 is 10.6 Å². The number of piperidine rings is 1. The average Bonchev–Trinajstić information content (AvgIpc) is 3.61. The van der Waals surface area contributed by atoms with Crippen molar-refractivity contribution in [2.45, 2.75) is 57.5 Å². The van der Waals surface area contributed by atoms with Crippen LogP contribution in [0.3, 0.4) is 0 Å². The standard InChI is InChI=1S/C32H43N7O2/c1-23-3-2-15-39(23)22-30-35-28-9-8-27(21-29(28)36-30)34-32(41)26-6-4-24(5-7-26)25-10-17-38(18-11-25)31(40)12-16-37-19-13-33-14-20-37/h4-9,21,23,25,33H,2-3,10-20,22H2,1H3,(H,34,41)(H,35,36)/t23-/m0/s1. The van der Waals surface area contributed by atoms with Crippen molar-refractivity contribution in [3.05, 3.63) is 59.4 Å². The molecule has 3 N–H and O–H groups in total. The second kappa shape index (κ2) is 12.7. The number of piperazine rings is 1. The molecule has 218 valence electrons. The molecule has 0 unspecified atom stereocenters. The first kappa shape index (κ1) is 27.9. The lowest BCUT2D eigenvalue weighted by Crippen LogP contribution is -2.45. The number of nitrogens with one attached hydrogen (secondary N) is 3. The molecule has 3 fully saturated rings. The number of carbonyl (C=O) groups excluding carboxylic acids is 2. The number of likely N-dealkylation sites (tertiary alicyclic amines) is 2. The van der Waals surface area contributed by atoms with Gasteiger partial charge in [-0.25, -0.2) is 4.98 Å². The van der Waals surface area contributed by atoms with Gasteiger partial charge in [-0.2, -0.15) is 0 Å². The molecule has 4 heterocycles. The van der Waals surface area contributed by atoms with Crippen molar-refractivity contribution in [1.82, 2.24) is 30.0 Å². The normalized spacial score (nSPS) is 21.0. The Balaban J connectivity index is 0.990. The Morgan fingerprint density at radius 3 is 2.49 bits per heavy atom. The number of amides is 2. The molecule has 3 aromatic rings. The molecule has 3 saturated heterocycles. The molecule has 1 aromatic heterocycles. The summed E-state index contributed by atoms with van der Waals surface area (Å²) in [5.41, 5.74) is 4.50. The highest BCUT2D eigenvalue weighted by Crippen LogP contribution is 2.29. The summed E-state index contributed by atoms with van der Waals surface area (Å²) in [5, 5.41) is 6.40. The molecule has 9 heteroatoms. The monoisotopic (exact) mass is 557 g/mol. The van der Waals surface area contributed by atoms with Crippen molar-refractivity contribution in [2.24, 2.45) is 0 Å². The van der Waals surface area contributed by atoms with Crippen LogP contribution in [0.15, 0.2) is 42.5 Å². The van der Waals surface area contributed by atoms with E-state index in [9.17, 15) is 9.59 Å². The maximum Gasteiger partial charge on any atom is 0.255 e. The summed E-state index contributed by atoms with van der Waals surface area (Å²) in [7, 11) is 0. The van der Waals surface area contributed by atoms with Crippen LogP contribution in [0.1, 0.15) is 66.7 Å². The minimum Gasteiger partial charge on any atom is -0.343 e. The van der Waals surface area contributed by atoms with Crippen LogP contribution in [0.4, 0.5) is 5.69 Å². The SMILES string of the molecule is C[C@H]1CCCN1Cc1nc2ccc(NC(=O)c3ccc(C4CCN(C(=O)CCN5CCNCC5)CC4)cc3)cc2[nH]1. The van der Waals surface area contributed by atoms with E-state index in [0.717, 1.165) is 94.3 Å². The largest absolute Gasteiger partial charge is 0.343 e. The van der Waals surface area contributed by atoms with Gasteiger partial charge in [0.15, 0.2) is 0 Å².